The fraction of sp³-hybridized carbons (Fsp3) is 0.250. The van der Waals surface area contributed by atoms with Crippen LogP contribution in [0.2, 0.25) is 0 Å². The minimum Gasteiger partial charge on any atom is -0.492 e. The van der Waals surface area contributed by atoms with Crippen LogP contribution in [-0.4, -0.2) is 37.1 Å². The first-order valence-corrected chi connectivity index (χ1v) is 10.5. The Bertz CT molecular complexity index is 1180. The molecule has 0 saturated heterocycles. The molecule has 6 nitrogen and oxygen atoms in total. The summed E-state index contributed by atoms with van der Waals surface area (Å²) in [6.45, 7) is 2.17. The van der Waals surface area contributed by atoms with Crippen molar-refractivity contribution in [2.75, 3.05) is 19.7 Å². The highest BCUT2D eigenvalue weighted by Crippen LogP contribution is 2.36. The van der Waals surface area contributed by atoms with Crippen molar-refractivity contribution in [3.63, 3.8) is 0 Å². The average molecular weight is 381 g/mol. The van der Waals surface area contributed by atoms with Crippen molar-refractivity contribution in [1.29, 1.82) is 0 Å². The summed E-state index contributed by atoms with van der Waals surface area (Å²) >= 11 is 0. The Hall–Kier alpha value is -2.64. The molecular weight excluding hydrogens is 362 g/mol. The van der Waals surface area contributed by atoms with E-state index in [0.717, 1.165) is 42.6 Å². The van der Waals surface area contributed by atoms with Crippen LogP contribution in [0.4, 0.5) is 0 Å². The maximum absolute atomic E-state index is 13.5. The standard InChI is InChI=1S/C20H19N3O3S/c24-27(25,18-5-1-3-15-8-12-26-20(15)18)23-13-16(14-6-10-21-11-7-14)19-17(23)4-2-9-22-19/h1-6,9,13,21H,7-8,10-12H2. The Morgan fingerprint density at radius 2 is 2.07 bits per heavy atom. The molecule has 2 aliphatic rings. The van der Waals surface area contributed by atoms with Gasteiger partial charge in [-0.05, 0) is 42.3 Å². The number of benzene rings is 1. The summed E-state index contributed by atoms with van der Waals surface area (Å²) < 4.78 is 34.1. The molecule has 7 heteroatoms. The van der Waals surface area contributed by atoms with E-state index in [-0.39, 0.29) is 4.90 Å². The summed E-state index contributed by atoms with van der Waals surface area (Å²) in [6.07, 6.45) is 7.09. The van der Waals surface area contributed by atoms with Crippen molar-refractivity contribution in [1.82, 2.24) is 14.3 Å². The highest BCUT2D eigenvalue weighted by atomic mass is 32.2. The molecule has 1 N–H and O–H groups in total. The largest absolute Gasteiger partial charge is 0.492 e. The van der Waals surface area contributed by atoms with E-state index in [1.165, 1.54) is 3.97 Å². The second-order valence-electron chi connectivity index (χ2n) is 6.74. The third kappa shape index (κ3) is 2.57. The van der Waals surface area contributed by atoms with E-state index >= 15 is 0 Å². The van der Waals surface area contributed by atoms with Crippen molar-refractivity contribution in [2.45, 2.75) is 17.7 Å². The minimum absolute atomic E-state index is 0.212. The molecule has 0 saturated carbocycles. The first kappa shape index (κ1) is 16.5. The zero-order valence-electron chi connectivity index (χ0n) is 14.7. The van der Waals surface area contributed by atoms with Gasteiger partial charge in [0.2, 0.25) is 0 Å². The SMILES string of the molecule is O=S(=O)(c1cccc2c1OCC2)n1cc(C2=CCNCC2)c2ncccc21. The minimum atomic E-state index is -3.80. The number of fused-ring (bicyclic) bond motifs is 2. The molecule has 3 aromatic rings. The molecule has 2 aromatic heterocycles. The third-order valence-corrected chi connectivity index (χ3v) is 6.85. The van der Waals surface area contributed by atoms with Gasteiger partial charge in [-0.15, -0.1) is 0 Å². The molecule has 5 rings (SSSR count). The van der Waals surface area contributed by atoms with Gasteiger partial charge in [0.1, 0.15) is 10.6 Å². The number of rotatable bonds is 3. The van der Waals surface area contributed by atoms with Crippen molar-refractivity contribution < 1.29 is 13.2 Å². The van der Waals surface area contributed by atoms with E-state index in [9.17, 15) is 8.42 Å². The Morgan fingerprint density at radius 3 is 2.93 bits per heavy atom. The second kappa shape index (κ2) is 6.21. The molecule has 0 atom stereocenters. The predicted molar refractivity (Wildman–Crippen MR) is 103 cm³/mol. The lowest BCUT2D eigenvalue weighted by atomic mass is 10.0. The number of para-hydroxylation sites is 1. The van der Waals surface area contributed by atoms with Crippen LogP contribution in [-0.2, 0) is 16.4 Å². The summed E-state index contributed by atoms with van der Waals surface area (Å²) in [5, 5.41) is 3.29. The highest BCUT2D eigenvalue weighted by Gasteiger charge is 2.29. The average Bonchev–Trinajstić information content (AvgIpc) is 3.33. The Morgan fingerprint density at radius 1 is 1.15 bits per heavy atom. The van der Waals surface area contributed by atoms with Gasteiger partial charge in [-0.2, -0.15) is 0 Å². The van der Waals surface area contributed by atoms with Crippen LogP contribution in [0.5, 0.6) is 5.75 Å². The van der Waals surface area contributed by atoms with Gasteiger partial charge in [-0.25, -0.2) is 12.4 Å². The lowest BCUT2D eigenvalue weighted by Crippen LogP contribution is -2.20. The Balaban J connectivity index is 1.74. The summed E-state index contributed by atoms with van der Waals surface area (Å²) in [6, 6.07) is 8.88. The number of nitrogens with one attached hydrogen (secondary N) is 1. The smallest absolute Gasteiger partial charge is 0.271 e. The lowest BCUT2D eigenvalue weighted by Gasteiger charge is -2.13. The monoisotopic (exact) mass is 381 g/mol. The van der Waals surface area contributed by atoms with Crippen molar-refractivity contribution in [3.05, 3.63) is 59.9 Å². The topological polar surface area (TPSA) is 73.2 Å². The van der Waals surface area contributed by atoms with E-state index in [1.54, 1.807) is 36.7 Å². The van der Waals surface area contributed by atoms with Crippen LogP contribution in [0.25, 0.3) is 16.6 Å². The number of pyridine rings is 1. The van der Waals surface area contributed by atoms with Gasteiger partial charge in [0.05, 0.1) is 17.6 Å². The lowest BCUT2D eigenvalue weighted by molar-refractivity contribution is 0.348. The van der Waals surface area contributed by atoms with Gasteiger partial charge in [-0.1, -0.05) is 18.2 Å². The number of aromatic nitrogens is 2. The van der Waals surface area contributed by atoms with Gasteiger partial charge < -0.3 is 10.1 Å². The number of hydrogen-bond acceptors (Lipinski definition) is 5. The highest BCUT2D eigenvalue weighted by molar-refractivity contribution is 7.90. The molecule has 1 aromatic carbocycles. The summed E-state index contributed by atoms with van der Waals surface area (Å²) in [7, 11) is -3.80. The molecule has 0 radical (unpaired) electrons. The zero-order valence-corrected chi connectivity index (χ0v) is 15.5. The second-order valence-corrected chi connectivity index (χ2v) is 8.52. The molecule has 138 valence electrons. The molecule has 0 aliphatic carbocycles. The third-order valence-electron chi connectivity index (χ3n) is 5.15. The number of ether oxygens (including phenoxy) is 1. The zero-order chi connectivity index (χ0) is 18.4. The molecule has 2 aliphatic heterocycles. The molecule has 27 heavy (non-hydrogen) atoms. The van der Waals surface area contributed by atoms with E-state index in [0.29, 0.717) is 23.4 Å². The fourth-order valence-electron chi connectivity index (χ4n) is 3.83. The summed E-state index contributed by atoms with van der Waals surface area (Å²) in [4.78, 5) is 4.69. The molecule has 0 bridgehead atoms. The molecule has 4 heterocycles. The summed E-state index contributed by atoms with van der Waals surface area (Å²) in [5.41, 5.74) is 4.24. The molecular formula is C20H19N3O3S. The number of hydrogen-bond donors (Lipinski definition) is 1. The molecule has 0 unspecified atom stereocenters. The van der Waals surface area contributed by atoms with E-state index in [2.05, 4.69) is 16.4 Å². The Kier molecular flexibility index (Phi) is 3.80. The fourth-order valence-corrected chi connectivity index (χ4v) is 5.36. The van der Waals surface area contributed by atoms with Crippen LogP contribution in [0, 0.1) is 0 Å². The maximum atomic E-state index is 13.5. The van der Waals surface area contributed by atoms with E-state index in [1.807, 2.05) is 6.07 Å². The van der Waals surface area contributed by atoms with Gasteiger partial charge in [0, 0.05) is 30.9 Å². The molecule has 0 spiro atoms. The van der Waals surface area contributed by atoms with Crippen LogP contribution >= 0.6 is 0 Å². The van der Waals surface area contributed by atoms with E-state index < -0.39 is 10.0 Å². The first-order valence-electron chi connectivity index (χ1n) is 9.03. The van der Waals surface area contributed by atoms with Crippen LogP contribution in [0.15, 0.2) is 53.7 Å². The van der Waals surface area contributed by atoms with Gasteiger partial charge in [-0.3, -0.25) is 4.98 Å². The quantitative estimate of drug-likeness (QED) is 0.755. The van der Waals surface area contributed by atoms with Gasteiger partial charge in [0.15, 0.2) is 0 Å². The van der Waals surface area contributed by atoms with Gasteiger partial charge in [0.25, 0.3) is 10.0 Å². The van der Waals surface area contributed by atoms with Crippen molar-refractivity contribution in [2.24, 2.45) is 0 Å². The van der Waals surface area contributed by atoms with Crippen LogP contribution < -0.4 is 10.1 Å². The van der Waals surface area contributed by atoms with Crippen molar-refractivity contribution >= 4 is 26.6 Å². The summed E-state index contributed by atoms with van der Waals surface area (Å²) in [5.74, 6) is 0.478. The maximum Gasteiger partial charge on any atom is 0.271 e. The van der Waals surface area contributed by atoms with Crippen molar-refractivity contribution in [3.8, 4) is 5.75 Å². The molecule has 0 fully saturated rings. The Labute approximate surface area is 157 Å². The van der Waals surface area contributed by atoms with Crippen LogP contribution in [0.3, 0.4) is 0 Å². The molecule has 0 amide bonds. The predicted octanol–water partition coefficient (Wildman–Crippen LogP) is 2.58. The van der Waals surface area contributed by atoms with E-state index in [4.69, 9.17) is 4.74 Å². The first-order chi connectivity index (χ1) is 13.2. The van der Waals surface area contributed by atoms with Gasteiger partial charge >= 0.3 is 0 Å². The number of nitrogens with zero attached hydrogens (tertiary/aromatic N) is 2. The normalized spacial score (nSPS) is 16.8. The van der Waals surface area contributed by atoms with Crippen LogP contribution in [0.1, 0.15) is 17.5 Å².